The summed E-state index contributed by atoms with van der Waals surface area (Å²) < 4.78 is 0. The Morgan fingerprint density at radius 2 is 1.75 bits per heavy atom. The zero-order valence-electron chi connectivity index (χ0n) is 15.8. The number of aliphatic hydroxyl groups excluding tert-OH is 2. The molecule has 0 heterocycles. The van der Waals surface area contributed by atoms with Crippen LogP contribution in [0.15, 0.2) is 12.2 Å². The van der Waals surface area contributed by atoms with Crippen LogP contribution in [0.1, 0.15) is 84.5 Å². The highest BCUT2D eigenvalue weighted by molar-refractivity contribution is 5.84. The number of allylic oxidation sites excluding steroid dienone is 1. The maximum absolute atomic E-state index is 12.3. The van der Waals surface area contributed by atoms with Crippen LogP contribution in [-0.4, -0.2) is 28.7 Å². The van der Waals surface area contributed by atoms with Gasteiger partial charge >= 0.3 is 0 Å². The van der Waals surface area contributed by atoms with Crippen molar-refractivity contribution in [1.82, 2.24) is 0 Å². The van der Waals surface area contributed by atoms with E-state index in [0.717, 1.165) is 38.5 Å². The molecule has 0 aromatic rings. The van der Waals surface area contributed by atoms with Gasteiger partial charge in [0.05, 0.1) is 6.10 Å². The van der Waals surface area contributed by atoms with Crippen molar-refractivity contribution in [2.75, 3.05) is 6.61 Å². The molecule has 4 unspecified atom stereocenters. The lowest BCUT2D eigenvalue weighted by Gasteiger charge is -2.20. The molecule has 0 spiro atoms. The van der Waals surface area contributed by atoms with E-state index in [1.807, 2.05) is 12.2 Å². The van der Waals surface area contributed by atoms with Crippen molar-refractivity contribution >= 4 is 5.78 Å². The van der Waals surface area contributed by atoms with E-state index in [2.05, 4.69) is 13.8 Å². The van der Waals surface area contributed by atoms with Crippen LogP contribution >= 0.6 is 0 Å². The number of rotatable bonds is 13. The van der Waals surface area contributed by atoms with Gasteiger partial charge in [-0.05, 0) is 24.7 Å². The highest BCUT2D eigenvalue weighted by atomic mass is 16.3. The van der Waals surface area contributed by atoms with Gasteiger partial charge in [0, 0.05) is 18.9 Å². The Balaban J connectivity index is 2.52. The predicted octanol–water partition coefficient (Wildman–Crippen LogP) is 4.66. The van der Waals surface area contributed by atoms with E-state index in [1.165, 1.54) is 25.7 Å². The number of hydrogen-bond acceptors (Lipinski definition) is 3. The molecular formula is C21H38O3. The zero-order valence-corrected chi connectivity index (χ0v) is 15.8. The minimum absolute atomic E-state index is 0.0391. The van der Waals surface area contributed by atoms with Gasteiger partial charge in [-0.15, -0.1) is 0 Å². The molecule has 140 valence electrons. The van der Waals surface area contributed by atoms with Crippen LogP contribution in [0.25, 0.3) is 0 Å². The summed E-state index contributed by atoms with van der Waals surface area (Å²) in [5.74, 6) is 0.495. The van der Waals surface area contributed by atoms with Gasteiger partial charge in [-0.3, -0.25) is 4.79 Å². The van der Waals surface area contributed by atoms with E-state index in [1.54, 1.807) is 0 Å². The molecule has 0 saturated heterocycles. The van der Waals surface area contributed by atoms with Crippen molar-refractivity contribution in [2.45, 2.75) is 90.6 Å². The molecule has 0 aliphatic heterocycles. The molecule has 1 aliphatic carbocycles. The first-order chi connectivity index (χ1) is 11.6. The van der Waals surface area contributed by atoms with Crippen LogP contribution < -0.4 is 0 Å². The van der Waals surface area contributed by atoms with Gasteiger partial charge in [0.2, 0.25) is 0 Å². The minimum atomic E-state index is -0.420. The normalized spacial score (nSPS) is 25.7. The average Bonchev–Trinajstić information content (AvgIpc) is 2.88. The quantitative estimate of drug-likeness (QED) is 0.379. The Morgan fingerprint density at radius 1 is 1.08 bits per heavy atom. The molecular weight excluding hydrogens is 300 g/mol. The summed E-state index contributed by atoms with van der Waals surface area (Å²) in [6.45, 7) is 4.43. The summed E-state index contributed by atoms with van der Waals surface area (Å²) in [4.78, 5) is 12.3. The highest BCUT2D eigenvalue weighted by Gasteiger charge is 2.39. The molecule has 1 saturated carbocycles. The molecule has 0 amide bonds. The largest absolute Gasteiger partial charge is 0.396 e. The van der Waals surface area contributed by atoms with Gasteiger partial charge in [0.15, 0.2) is 0 Å². The zero-order chi connectivity index (χ0) is 17.8. The summed E-state index contributed by atoms with van der Waals surface area (Å²) in [5.41, 5.74) is 0. The van der Waals surface area contributed by atoms with Gasteiger partial charge in [0.1, 0.15) is 5.78 Å². The fraction of sp³-hybridized carbons (Fsp3) is 0.857. The van der Waals surface area contributed by atoms with Crippen LogP contribution in [0.2, 0.25) is 0 Å². The van der Waals surface area contributed by atoms with Crippen molar-refractivity contribution in [3.8, 4) is 0 Å². The minimum Gasteiger partial charge on any atom is -0.396 e. The number of hydrogen-bond donors (Lipinski definition) is 2. The Labute approximate surface area is 148 Å². The molecule has 1 rings (SSSR count). The van der Waals surface area contributed by atoms with Gasteiger partial charge in [-0.1, -0.05) is 77.4 Å². The third-order valence-electron chi connectivity index (χ3n) is 5.40. The highest BCUT2D eigenvalue weighted by Crippen LogP contribution is 2.38. The molecule has 1 fully saturated rings. The Hall–Kier alpha value is -0.670. The molecule has 24 heavy (non-hydrogen) atoms. The Kier molecular flexibility index (Phi) is 11.3. The van der Waals surface area contributed by atoms with E-state index in [4.69, 9.17) is 0 Å². The molecule has 0 bridgehead atoms. The number of ketones is 1. The van der Waals surface area contributed by atoms with Crippen molar-refractivity contribution in [3.63, 3.8) is 0 Å². The van der Waals surface area contributed by atoms with Crippen molar-refractivity contribution in [2.24, 2.45) is 17.8 Å². The summed E-state index contributed by atoms with van der Waals surface area (Å²) in [5, 5.41) is 19.7. The number of aliphatic hydroxyl groups is 2. The second-order valence-electron chi connectivity index (χ2n) is 7.45. The fourth-order valence-corrected chi connectivity index (χ4v) is 3.84. The van der Waals surface area contributed by atoms with Gasteiger partial charge in [-0.25, -0.2) is 0 Å². The van der Waals surface area contributed by atoms with Crippen LogP contribution in [0.5, 0.6) is 0 Å². The van der Waals surface area contributed by atoms with Crippen LogP contribution in [-0.2, 0) is 4.79 Å². The van der Waals surface area contributed by atoms with E-state index in [9.17, 15) is 15.0 Å². The number of carbonyl (C=O) groups excluding carboxylic acids is 1. The first kappa shape index (κ1) is 21.4. The molecule has 1 aliphatic rings. The van der Waals surface area contributed by atoms with Crippen LogP contribution in [0.3, 0.4) is 0 Å². The third kappa shape index (κ3) is 7.48. The first-order valence-electron chi connectivity index (χ1n) is 10.1. The van der Waals surface area contributed by atoms with Crippen LogP contribution in [0, 0.1) is 17.8 Å². The fourth-order valence-electron chi connectivity index (χ4n) is 3.84. The smallest absolute Gasteiger partial charge is 0.136 e. The SMILES string of the molecule is CCCCCCCC1C(=O)CC(CO)C1/C=C/C(O)CCCCC. The van der Waals surface area contributed by atoms with Gasteiger partial charge < -0.3 is 10.2 Å². The second-order valence-corrected chi connectivity index (χ2v) is 7.45. The van der Waals surface area contributed by atoms with E-state index >= 15 is 0 Å². The lowest BCUT2D eigenvalue weighted by atomic mass is 9.85. The Morgan fingerprint density at radius 3 is 2.42 bits per heavy atom. The second kappa shape index (κ2) is 12.7. The van der Waals surface area contributed by atoms with Gasteiger partial charge in [-0.2, -0.15) is 0 Å². The number of Topliss-reactive ketones (excluding diaryl/α,β-unsaturated/α-hetero) is 1. The molecule has 0 aromatic carbocycles. The van der Waals surface area contributed by atoms with Crippen molar-refractivity contribution in [3.05, 3.63) is 12.2 Å². The standard InChI is InChI=1S/C21H38O3/c1-3-5-7-8-10-12-20-19(17(16-22)15-21(20)24)14-13-18(23)11-9-6-4-2/h13-14,17-20,22-23H,3-12,15-16H2,1-2H3/b14-13+. The lowest BCUT2D eigenvalue weighted by molar-refractivity contribution is -0.121. The van der Waals surface area contributed by atoms with Crippen molar-refractivity contribution in [1.29, 1.82) is 0 Å². The summed E-state index contributed by atoms with van der Waals surface area (Å²) in [7, 11) is 0. The molecule has 0 aromatic heterocycles. The van der Waals surface area contributed by atoms with Crippen molar-refractivity contribution < 1.29 is 15.0 Å². The maximum atomic E-state index is 12.3. The predicted molar refractivity (Wildman–Crippen MR) is 99.8 cm³/mol. The van der Waals surface area contributed by atoms with E-state index in [0.29, 0.717) is 12.2 Å². The molecule has 3 heteroatoms. The molecule has 4 atom stereocenters. The summed E-state index contributed by atoms with van der Waals surface area (Å²) in [6, 6.07) is 0. The third-order valence-corrected chi connectivity index (χ3v) is 5.40. The molecule has 3 nitrogen and oxygen atoms in total. The molecule has 0 radical (unpaired) electrons. The monoisotopic (exact) mass is 338 g/mol. The summed E-state index contributed by atoms with van der Waals surface area (Å²) >= 11 is 0. The Bertz CT molecular complexity index is 364. The van der Waals surface area contributed by atoms with Gasteiger partial charge in [0.25, 0.3) is 0 Å². The number of carbonyl (C=O) groups is 1. The first-order valence-corrected chi connectivity index (χ1v) is 10.1. The van der Waals surface area contributed by atoms with E-state index < -0.39 is 6.10 Å². The lowest BCUT2D eigenvalue weighted by Crippen LogP contribution is -2.18. The molecule has 2 N–H and O–H groups in total. The number of unbranched alkanes of at least 4 members (excludes halogenated alkanes) is 6. The summed E-state index contributed by atoms with van der Waals surface area (Å²) in [6.07, 6.45) is 15.1. The topological polar surface area (TPSA) is 57.5 Å². The average molecular weight is 339 g/mol. The maximum Gasteiger partial charge on any atom is 0.136 e. The van der Waals surface area contributed by atoms with Crippen LogP contribution in [0.4, 0.5) is 0 Å². The van der Waals surface area contributed by atoms with E-state index in [-0.39, 0.29) is 24.4 Å².